The van der Waals surface area contributed by atoms with E-state index in [4.69, 9.17) is 9.47 Å². The Morgan fingerprint density at radius 3 is 2.89 bits per heavy atom. The second kappa shape index (κ2) is 5.08. The van der Waals surface area contributed by atoms with Crippen molar-refractivity contribution in [3.63, 3.8) is 0 Å². The first-order valence-corrected chi connectivity index (χ1v) is 5.86. The van der Waals surface area contributed by atoms with Gasteiger partial charge in [-0.1, -0.05) is 18.2 Å². The Morgan fingerprint density at radius 1 is 1.44 bits per heavy atom. The molecule has 1 unspecified atom stereocenters. The molecule has 1 aliphatic rings. The molecule has 0 radical (unpaired) electrons. The maximum absolute atomic E-state index is 11.8. The van der Waals surface area contributed by atoms with Gasteiger partial charge in [-0.15, -0.1) is 0 Å². The highest BCUT2D eigenvalue weighted by Crippen LogP contribution is 2.33. The van der Waals surface area contributed by atoms with Gasteiger partial charge in [-0.25, -0.2) is 4.79 Å². The van der Waals surface area contributed by atoms with Crippen LogP contribution in [0.5, 0.6) is 5.75 Å². The van der Waals surface area contributed by atoms with Gasteiger partial charge in [0.05, 0.1) is 12.6 Å². The standard InChI is InChI=1S/C13H15NO4/c1-3-17-12(15)8-14-9(2)10-6-4-5-7-11(10)18-13(14)16/h4-7,9H,3,8H2,1-2H3. The van der Waals surface area contributed by atoms with Crippen LogP contribution >= 0.6 is 0 Å². The van der Waals surface area contributed by atoms with Crippen LogP contribution in [0.15, 0.2) is 24.3 Å². The van der Waals surface area contributed by atoms with Gasteiger partial charge >= 0.3 is 12.1 Å². The van der Waals surface area contributed by atoms with Gasteiger partial charge in [0.2, 0.25) is 0 Å². The number of nitrogens with zero attached hydrogens (tertiary/aromatic N) is 1. The van der Waals surface area contributed by atoms with Crippen molar-refractivity contribution in [3.8, 4) is 5.75 Å². The zero-order valence-corrected chi connectivity index (χ0v) is 10.4. The Morgan fingerprint density at radius 2 is 2.17 bits per heavy atom. The summed E-state index contributed by atoms with van der Waals surface area (Å²) in [5.74, 6) is 0.121. The smallest absolute Gasteiger partial charge is 0.416 e. The Balaban J connectivity index is 2.19. The van der Waals surface area contributed by atoms with Gasteiger partial charge in [0, 0.05) is 5.56 Å². The number of para-hydroxylation sites is 1. The lowest BCUT2D eigenvalue weighted by Gasteiger charge is -2.33. The van der Waals surface area contributed by atoms with Crippen LogP contribution in [0, 0.1) is 0 Å². The predicted molar refractivity (Wildman–Crippen MR) is 64.2 cm³/mol. The molecule has 5 nitrogen and oxygen atoms in total. The van der Waals surface area contributed by atoms with Crippen LogP contribution in [0.1, 0.15) is 25.5 Å². The molecule has 0 saturated heterocycles. The minimum Gasteiger partial charge on any atom is -0.465 e. The van der Waals surface area contributed by atoms with Gasteiger partial charge < -0.3 is 9.47 Å². The van der Waals surface area contributed by atoms with Crippen LogP contribution < -0.4 is 4.74 Å². The average molecular weight is 249 g/mol. The number of carbonyl (C=O) groups excluding carboxylic acids is 2. The highest BCUT2D eigenvalue weighted by molar-refractivity contribution is 5.81. The van der Waals surface area contributed by atoms with Crippen molar-refractivity contribution in [2.75, 3.05) is 13.2 Å². The fourth-order valence-electron chi connectivity index (χ4n) is 1.94. The van der Waals surface area contributed by atoms with E-state index >= 15 is 0 Å². The number of hydrogen-bond acceptors (Lipinski definition) is 4. The molecule has 0 aromatic heterocycles. The molecule has 18 heavy (non-hydrogen) atoms. The van der Waals surface area contributed by atoms with Gasteiger partial charge in [0.25, 0.3) is 0 Å². The highest BCUT2D eigenvalue weighted by Gasteiger charge is 2.32. The Bertz CT molecular complexity index is 472. The summed E-state index contributed by atoms with van der Waals surface area (Å²) in [6.45, 7) is 3.79. The molecular weight excluding hydrogens is 234 g/mol. The zero-order valence-electron chi connectivity index (χ0n) is 10.4. The summed E-state index contributed by atoms with van der Waals surface area (Å²) in [5.41, 5.74) is 0.890. The van der Waals surface area contributed by atoms with Crippen molar-refractivity contribution in [2.45, 2.75) is 19.9 Å². The fourth-order valence-corrected chi connectivity index (χ4v) is 1.94. The average Bonchev–Trinajstić information content (AvgIpc) is 2.35. The van der Waals surface area contributed by atoms with Crippen molar-refractivity contribution in [2.24, 2.45) is 0 Å². The molecule has 1 aromatic rings. The van der Waals surface area contributed by atoms with Gasteiger partial charge in [-0.2, -0.15) is 0 Å². The van der Waals surface area contributed by atoms with Gasteiger partial charge in [0.1, 0.15) is 12.3 Å². The maximum Gasteiger partial charge on any atom is 0.416 e. The van der Waals surface area contributed by atoms with Crippen LogP contribution in [0.3, 0.4) is 0 Å². The molecule has 1 amide bonds. The van der Waals surface area contributed by atoms with Crippen molar-refractivity contribution in [1.29, 1.82) is 0 Å². The number of fused-ring (bicyclic) bond motifs is 1. The number of benzene rings is 1. The molecule has 0 aliphatic carbocycles. The fraction of sp³-hybridized carbons (Fsp3) is 0.385. The summed E-state index contributed by atoms with van der Waals surface area (Å²) >= 11 is 0. The lowest BCUT2D eigenvalue weighted by Crippen LogP contribution is -2.43. The van der Waals surface area contributed by atoms with Gasteiger partial charge in [0.15, 0.2) is 0 Å². The number of rotatable bonds is 3. The topological polar surface area (TPSA) is 55.8 Å². The zero-order chi connectivity index (χ0) is 13.1. The summed E-state index contributed by atoms with van der Waals surface area (Å²) in [6, 6.07) is 7.10. The summed E-state index contributed by atoms with van der Waals surface area (Å²) in [7, 11) is 0. The quantitative estimate of drug-likeness (QED) is 0.770. The number of esters is 1. The first-order valence-electron chi connectivity index (χ1n) is 5.86. The van der Waals surface area contributed by atoms with Crippen molar-refractivity contribution in [3.05, 3.63) is 29.8 Å². The van der Waals surface area contributed by atoms with Crippen LogP contribution in [0.2, 0.25) is 0 Å². The van der Waals surface area contributed by atoms with Crippen LogP contribution in [0.25, 0.3) is 0 Å². The van der Waals surface area contributed by atoms with E-state index in [0.717, 1.165) is 5.56 Å². The third-order valence-corrected chi connectivity index (χ3v) is 2.87. The highest BCUT2D eigenvalue weighted by atomic mass is 16.6. The van der Waals surface area contributed by atoms with E-state index in [1.54, 1.807) is 19.1 Å². The third-order valence-electron chi connectivity index (χ3n) is 2.87. The van der Waals surface area contributed by atoms with Gasteiger partial charge in [-0.3, -0.25) is 9.69 Å². The molecule has 5 heteroatoms. The summed E-state index contributed by atoms with van der Waals surface area (Å²) < 4.78 is 10.0. The minimum atomic E-state index is -0.519. The molecule has 96 valence electrons. The van der Waals surface area contributed by atoms with E-state index in [9.17, 15) is 9.59 Å². The Hall–Kier alpha value is -2.04. The van der Waals surface area contributed by atoms with Crippen molar-refractivity contribution >= 4 is 12.1 Å². The molecule has 1 atom stereocenters. The lowest BCUT2D eigenvalue weighted by atomic mass is 10.0. The number of carbonyl (C=O) groups is 2. The summed E-state index contributed by atoms with van der Waals surface area (Å²) in [5, 5.41) is 0. The molecule has 0 saturated carbocycles. The number of hydrogen-bond donors (Lipinski definition) is 0. The largest absolute Gasteiger partial charge is 0.465 e. The Kier molecular flexibility index (Phi) is 3.50. The lowest BCUT2D eigenvalue weighted by molar-refractivity contribution is -0.144. The SMILES string of the molecule is CCOC(=O)CN1C(=O)Oc2ccccc2C1C. The molecule has 1 aliphatic heterocycles. The van der Waals surface area contributed by atoms with Crippen LogP contribution in [-0.2, 0) is 9.53 Å². The second-order valence-electron chi connectivity index (χ2n) is 4.01. The van der Waals surface area contributed by atoms with Crippen molar-refractivity contribution in [1.82, 2.24) is 4.90 Å². The molecule has 0 bridgehead atoms. The first kappa shape index (κ1) is 12.4. The van der Waals surface area contributed by atoms with Crippen LogP contribution in [-0.4, -0.2) is 30.1 Å². The number of amides is 1. The van der Waals surface area contributed by atoms with E-state index < -0.39 is 12.1 Å². The normalized spacial score (nSPS) is 18.0. The van der Waals surface area contributed by atoms with E-state index in [-0.39, 0.29) is 12.6 Å². The minimum absolute atomic E-state index is 0.0951. The van der Waals surface area contributed by atoms with E-state index in [1.165, 1.54) is 4.90 Å². The Labute approximate surface area is 105 Å². The molecule has 1 aromatic carbocycles. The van der Waals surface area contributed by atoms with E-state index in [2.05, 4.69) is 0 Å². The third kappa shape index (κ3) is 2.30. The van der Waals surface area contributed by atoms with Crippen molar-refractivity contribution < 1.29 is 19.1 Å². The first-order chi connectivity index (χ1) is 8.63. The predicted octanol–water partition coefficient (Wildman–Crippen LogP) is 2.13. The van der Waals surface area contributed by atoms with E-state index in [0.29, 0.717) is 12.4 Å². The van der Waals surface area contributed by atoms with Gasteiger partial charge in [-0.05, 0) is 19.9 Å². The maximum atomic E-state index is 11.8. The molecule has 0 N–H and O–H groups in total. The molecule has 1 heterocycles. The second-order valence-corrected chi connectivity index (χ2v) is 4.01. The molecule has 2 rings (SSSR count). The van der Waals surface area contributed by atoms with E-state index in [1.807, 2.05) is 19.1 Å². The van der Waals surface area contributed by atoms with Crippen LogP contribution in [0.4, 0.5) is 4.79 Å². The summed E-state index contributed by atoms with van der Waals surface area (Å²) in [4.78, 5) is 24.6. The summed E-state index contributed by atoms with van der Waals surface area (Å²) in [6.07, 6.45) is -0.519. The molecule has 0 spiro atoms. The molecule has 0 fully saturated rings. The monoisotopic (exact) mass is 249 g/mol. The number of ether oxygens (including phenoxy) is 2. The molecular formula is C13H15NO4.